The van der Waals surface area contributed by atoms with Crippen molar-refractivity contribution >= 4 is 32.3 Å². The van der Waals surface area contributed by atoms with Crippen LogP contribution in [0.1, 0.15) is 48.5 Å². The average Bonchev–Trinajstić information content (AvgIpc) is 4.00. The molecule has 3 nitrogen and oxygen atoms in total. The molecule has 3 heteroatoms. The Balaban J connectivity index is 0.000000158. The molecule has 0 aliphatic heterocycles. The van der Waals surface area contributed by atoms with Crippen molar-refractivity contribution in [3.05, 3.63) is 182 Å². The maximum Gasteiger partial charge on any atom is 0.0495 e. The molecule has 0 saturated carbocycles. The first-order valence-corrected chi connectivity index (χ1v) is 24.0. The summed E-state index contributed by atoms with van der Waals surface area (Å²) >= 11 is 0. The first kappa shape index (κ1) is 50.6. The van der Waals surface area contributed by atoms with E-state index in [1.165, 1.54) is 99.1 Å². The Morgan fingerprint density at radius 1 is 0.242 bits per heavy atom. The van der Waals surface area contributed by atoms with Gasteiger partial charge in [0.25, 0.3) is 0 Å². The zero-order chi connectivity index (χ0) is 47.8. The second kappa shape index (κ2) is 24.8. The van der Waals surface area contributed by atoms with Gasteiger partial charge in [0.2, 0.25) is 0 Å². The number of benzene rings is 9. The van der Waals surface area contributed by atoms with Gasteiger partial charge in [0, 0.05) is 6.67 Å². The lowest BCUT2D eigenvalue weighted by atomic mass is 10.0. The predicted molar refractivity (Wildman–Crippen MR) is 296 cm³/mol. The van der Waals surface area contributed by atoms with Gasteiger partial charge in [-0.15, -0.1) is 0 Å². The van der Waals surface area contributed by atoms with Crippen LogP contribution in [0.2, 0.25) is 0 Å². The van der Waals surface area contributed by atoms with Crippen molar-refractivity contribution in [2.75, 3.05) is 55.5 Å². The van der Waals surface area contributed by atoms with Gasteiger partial charge in [0.15, 0.2) is 0 Å². The van der Waals surface area contributed by atoms with Crippen LogP contribution in [0.3, 0.4) is 0 Å². The lowest BCUT2D eigenvalue weighted by molar-refractivity contribution is 0.245. The molecule has 3 aliphatic rings. The minimum atomic E-state index is 1.03. The highest BCUT2D eigenvalue weighted by molar-refractivity contribution is 6.17. The summed E-state index contributed by atoms with van der Waals surface area (Å²) in [4.78, 5) is 6.38. The fourth-order valence-corrected chi connectivity index (χ4v) is 8.79. The van der Waals surface area contributed by atoms with Gasteiger partial charge in [0.05, 0.1) is 0 Å². The van der Waals surface area contributed by atoms with E-state index in [1.54, 1.807) is 0 Å². The third-order valence-corrected chi connectivity index (χ3v) is 11.4. The smallest absolute Gasteiger partial charge is 0.0495 e. The van der Waals surface area contributed by atoms with Crippen LogP contribution < -0.4 is 0 Å². The topological polar surface area (TPSA) is 9.72 Å². The van der Waals surface area contributed by atoms with Crippen molar-refractivity contribution in [3.8, 4) is 66.8 Å². The molecule has 12 rings (SSSR count). The Bertz CT molecular complexity index is 2460. The molecule has 0 atom stereocenters. The van der Waals surface area contributed by atoms with Crippen molar-refractivity contribution in [1.82, 2.24) is 14.7 Å². The van der Waals surface area contributed by atoms with Crippen LogP contribution in [0.4, 0.5) is 0 Å². The van der Waals surface area contributed by atoms with Gasteiger partial charge < -0.3 is 4.90 Å². The molecule has 0 fully saturated rings. The molecular formula is C63H73N3. The minimum Gasteiger partial charge on any atom is -0.310 e. The Morgan fingerprint density at radius 3 is 0.545 bits per heavy atom. The van der Waals surface area contributed by atoms with E-state index >= 15 is 0 Å². The molecule has 0 heterocycles. The van der Waals surface area contributed by atoms with E-state index in [0.29, 0.717) is 0 Å². The summed E-state index contributed by atoms with van der Waals surface area (Å²) in [6, 6.07) is 65.3. The largest absolute Gasteiger partial charge is 0.310 e. The van der Waals surface area contributed by atoms with Gasteiger partial charge in [-0.3, -0.25) is 9.80 Å². The zero-order valence-electron chi connectivity index (χ0n) is 42.1. The third kappa shape index (κ3) is 11.2. The molecule has 340 valence electrons. The van der Waals surface area contributed by atoms with Gasteiger partial charge in [-0.2, -0.15) is 0 Å². The quantitative estimate of drug-likeness (QED) is 0.164. The molecule has 0 radical (unpaired) electrons. The monoisotopic (exact) mass is 872 g/mol. The maximum atomic E-state index is 2.22. The van der Waals surface area contributed by atoms with Gasteiger partial charge >= 0.3 is 0 Å². The Hall–Kier alpha value is -6.36. The van der Waals surface area contributed by atoms with Crippen LogP contribution in [0, 0.1) is 0 Å². The Kier molecular flexibility index (Phi) is 19.0. The van der Waals surface area contributed by atoms with Crippen LogP contribution in [0.15, 0.2) is 182 Å². The average molecular weight is 872 g/mol. The normalized spacial score (nSPS) is 10.7. The Labute approximate surface area is 398 Å². The fourth-order valence-electron chi connectivity index (χ4n) is 8.79. The first-order valence-electron chi connectivity index (χ1n) is 24.0. The van der Waals surface area contributed by atoms with Crippen LogP contribution >= 0.6 is 0 Å². The molecule has 0 amide bonds. The summed E-state index contributed by atoms with van der Waals surface area (Å²) in [5.74, 6) is 0. The number of fused-ring (bicyclic) bond motifs is 9. The van der Waals surface area contributed by atoms with Gasteiger partial charge in [-0.05, 0) is 148 Å². The molecule has 0 aromatic heterocycles. The summed E-state index contributed by atoms with van der Waals surface area (Å²) in [6.07, 6.45) is 0. The van der Waals surface area contributed by atoms with E-state index in [2.05, 4.69) is 246 Å². The molecule has 0 N–H and O–H groups in total. The molecule has 0 unspecified atom stereocenters. The summed E-state index contributed by atoms with van der Waals surface area (Å²) in [7, 11) is 12.3. The third-order valence-electron chi connectivity index (χ3n) is 11.4. The lowest BCUT2D eigenvalue weighted by Gasteiger charge is -2.14. The number of rotatable bonds is 3. The van der Waals surface area contributed by atoms with E-state index in [1.807, 2.05) is 41.5 Å². The summed E-state index contributed by atoms with van der Waals surface area (Å²) < 4.78 is 0. The highest BCUT2D eigenvalue weighted by Crippen LogP contribution is 2.49. The lowest BCUT2D eigenvalue weighted by Crippen LogP contribution is -2.26. The zero-order valence-corrected chi connectivity index (χ0v) is 42.1. The van der Waals surface area contributed by atoms with Crippen LogP contribution in [0.5, 0.6) is 0 Å². The Morgan fingerprint density at radius 2 is 0.409 bits per heavy atom. The van der Waals surface area contributed by atoms with Crippen molar-refractivity contribution in [2.45, 2.75) is 48.5 Å². The summed E-state index contributed by atoms with van der Waals surface area (Å²) in [5, 5.41) is 8.24. The first-order chi connectivity index (χ1) is 32.2. The molecular weight excluding hydrogens is 799 g/mol. The van der Waals surface area contributed by atoms with E-state index in [9.17, 15) is 0 Å². The number of hydrogen-bond donors (Lipinski definition) is 0. The fraction of sp³-hybridized carbons (Fsp3) is 0.238. The van der Waals surface area contributed by atoms with Crippen molar-refractivity contribution in [1.29, 1.82) is 0 Å². The van der Waals surface area contributed by atoms with E-state index < -0.39 is 0 Å². The minimum absolute atomic E-state index is 1.03. The van der Waals surface area contributed by atoms with Crippen molar-refractivity contribution in [3.63, 3.8) is 0 Å². The van der Waals surface area contributed by atoms with Crippen LogP contribution in [-0.2, 0) is 0 Å². The van der Waals surface area contributed by atoms with Crippen molar-refractivity contribution < 1.29 is 0 Å². The highest BCUT2D eigenvalue weighted by atomic mass is 15.2. The number of nitrogens with zero attached hydrogens (tertiary/aromatic N) is 3. The standard InChI is InChI=1S/3C16H10.C5H14N2.C4H11N.3C2H6/c3*1-2-8-13-12(7-1)14-9-3-5-11-6-4-10-15(13)16(11)14;1-6(2)5-7(3)4;1-4-5(2)3;3*1-2/h3*1-10H;5H2,1-4H3;4H2,1-3H3;3*1-2H3. The van der Waals surface area contributed by atoms with E-state index in [4.69, 9.17) is 0 Å². The van der Waals surface area contributed by atoms with E-state index in [-0.39, 0.29) is 0 Å². The molecule has 9 aromatic rings. The SMILES string of the molecule is CC.CC.CC.CCN(C)C.CN(C)CN(C)C.c1ccc2c(c1)-c1cccc3cccc-2c13.c1ccc2c(c1)-c1cccc3cccc-2c13.c1ccc2c(c1)-c1cccc3cccc-2c13. The highest BCUT2D eigenvalue weighted by Gasteiger charge is 2.21. The van der Waals surface area contributed by atoms with Crippen LogP contribution in [-0.4, -0.2) is 70.2 Å². The van der Waals surface area contributed by atoms with E-state index in [0.717, 1.165) is 13.2 Å². The van der Waals surface area contributed by atoms with Gasteiger partial charge in [-0.1, -0.05) is 230 Å². The van der Waals surface area contributed by atoms with Crippen molar-refractivity contribution in [2.24, 2.45) is 0 Å². The molecule has 0 saturated heterocycles. The molecule has 0 spiro atoms. The molecule has 66 heavy (non-hydrogen) atoms. The second-order valence-electron chi connectivity index (χ2n) is 16.5. The van der Waals surface area contributed by atoms with Crippen LogP contribution in [0.25, 0.3) is 99.1 Å². The van der Waals surface area contributed by atoms with Gasteiger partial charge in [0.1, 0.15) is 0 Å². The summed E-state index contributed by atoms with van der Waals surface area (Å²) in [5.41, 5.74) is 16.5. The second-order valence-corrected chi connectivity index (χ2v) is 16.5. The predicted octanol–water partition coefficient (Wildman–Crippen LogP) is 17.2. The molecule has 0 bridgehead atoms. The summed E-state index contributed by atoms with van der Waals surface area (Å²) in [6.45, 7) is 16.3. The number of hydrogen-bond acceptors (Lipinski definition) is 3. The molecule has 9 aromatic carbocycles. The maximum absolute atomic E-state index is 2.22. The van der Waals surface area contributed by atoms with Gasteiger partial charge in [-0.25, -0.2) is 0 Å². The molecule has 3 aliphatic carbocycles.